The minimum atomic E-state index is -0.385. The molecule has 0 aromatic carbocycles. The second-order valence-corrected chi connectivity index (χ2v) is 3.99. The van der Waals surface area contributed by atoms with E-state index in [0.29, 0.717) is 11.4 Å². The predicted molar refractivity (Wildman–Crippen MR) is 52.9 cm³/mol. The molecule has 0 unspecified atom stereocenters. The summed E-state index contributed by atoms with van der Waals surface area (Å²) >= 11 is 1.12. The Bertz CT molecular complexity index is 500. The van der Waals surface area contributed by atoms with Gasteiger partial charge in [-0.1, -0.05) is 11.3 Å². The van der Waals surface area contributed by atoms with E-state index in [9.17, 15) is 9.18 Å². The van der Waals surface area contributed by atoms with Gasteiger partial charge in [0.25, 0.3) is 0 Å². The first kappa shape index (κ1) is 9.08. The van der Waals surface area contributed by atoms with Gasteiger partial charge in [-0.05, 0) is 19.1 Å². The van der Waals surface area contributed by atoms with Crippen molar-refractivity contribution in [3.8, 4) is 11.4 Å². The molecule has 2 heterocycles. The van der Waals surface area contributed by atoms with Crippen molar-refractivity contribution in [2.75, 3.05) is 0 Å². The lowest BCUT2D eigenvalue weighted by molar-refractivity contribution is 0.622. The molecule has 0 radical (unpaired) electrons. The fourth-order valence-corrected chi connectivity index (χ4v) is 1.86. The van der Waals surface area contributed by atoms with Crippen molar-refractivity contribution in [1.82, 2.24) is 9.97 Å². The highest BCUT2D eigenvalue weighted by Gasteiger charge is 2.07. The number of aryl methyl sites for hydroxylation is 1. The van der Waals surface area contributed by atoms with Gasteiger partial charge in [0.1, 0.15) is 5.82 Å². The molecule has 0 saturated carbocycles. The van der Waals surface area contributed by atoms with E-state index in [-0.39, 0.29) is 10.7 Å². The van der Waals surface area contributed by atoms with Crippen LogP contribution in [0, 0.1) is 12.7 Å². The zero-order valence-corrected chi connectivity index (χ0v) is 8.19. The summed E-state index contributed by atoms with van der Waals surface area (Å²) in [5, 5.41) is 0. The molecule has 5 heteroatoms. The Morgan fingerprint density at radius 1 is 1.50 bits per heavy atom. The van der Waals surface area contributed by atoms with E-state index in [1.807, 2.05) is 6.92 Å². The number of nitrogens with one attached hydrogen (secondary N) is 1. The molecular weight excluding hydrogens is 203 g/mol. The van der Waals surface area contributed by atoms with Gasteiger partial charge in [-0.15, -0.1) is 0 Å². The molecule has 0 bridgehead atoms. The molecule has 0 fully saturated rings. The van der Waals surface area contributed by atoms with Crippen molar-refractivity contribution in [2.45, 2.75) is 6.92 Å². The summed E-state index contributed by atoms with van der Waals surface area (Å²) in [6, 6.07) is 2.86. The molecule has 2 aromatic heterocycles. The summed E-state index contributed by atoms with van der Waals surface area (Å²) in [5.41, 5.74) is 1.25. The van der Waals surface area contributed by atoms with E-state index >= 15 is 0 Å². The molecule has 0 aliphatic carbocycles. The standard InChI is InChI=1S/C9H7FN2OS/c1-5-8(12-9(13)14-5)7-3-2-6(10)4-11-7/h2-4H,1H3,(H,12,13). The van der Waals surface area contributed by atoms with Gasteiger partial charge in [-0.25, -0.2) is 4.39 Å². The normalized spacial score (nSPS) is 10.4. The number of halogens is 1. The molecule has 2 aromatic rings. The smallest absolute Gasteiger partial charge is 0.305 e. The summed E-state index contributed by atoms with van der Waals surface area (Å²) in [5.74, 6) is -0.385. The largest absolute Gasteiger partial charge is 0.311 e. The Labute approximate surface area is 83.3 Å². The number of hydrogen-bond acceptors (Lipinski definition) is 3. The van der Waals surface area contributed by atoms with E-state index in [0.717, 1.165) is 22.4 Å². The van der Waals surface area contributed by atoms with Crippen LogP contribution in [0.4, 0.5) is 4.39 Å². The Kier molecular flexibility index (Phi) is 2.17. The monoisotopic (exact) mass is 210 g/mol. The van der Waals surface area contributed by atoms with Crippen LogP contribution >= 0.6 is 11.3 Å². The Morgan fingerprint density at radius 3 is 2.79 bits per heavy atom. The van der Waals surface area contributed by atoms with Crippen LogP contribution in [0.25, 0.3) is 11.4 Å². The highest BCUT2D eigenvalue weighted by atomic mass is 32.1. The molecule has 3 nitrogen and oxygen atoms in total. The second-order valence-electron chi connectivity index (χ2n) is 2.81. The van der Waals surface area contributed by atoms with E-state index in [2.05, 4.69) is 9.97 Å². The third-order valence-corrected chi connectivity index (χ3v) is 2.61. The molecule has 0 saturated heterocycles. The van der Waals surface area contributed by atoms with Crippen molar-refractivity contribution in [3.05, 3.63) is 38.7 Å². The van der Waals surface area contributed by atoms with Crippen LogP contribution in [0.15, 0.2) is 23.1 Å². The van der Waals surface area contributed by atoms with Gasteiger partial charge in [-0.2, -0.15) is 0 Å². The summed E-state index contributed by atoms with van der Waals surface area (Å²) < 4.78 is 12.6. The van der Waals surface area contributed by atoms with Gasteiger partial charge in [0.15, 0.2) is 0 Å². The maximum absolute atomic E-state index is 12.6. The van der Waals surface area contributed by atoms with Gasteiger partial charge in [-0.3, -0.25) is 9.78 Å². The topological polar surface area (TPSA) is 45.8 Å². The van der Waals surface area contributed by atoms with E-state index in [4.69, 9.17) is 0 Å². The summed E-state index contributed by atoms with van der Waals surface area (Å²) in [4.78, 5) is 18.3. The first-order valence-corrected chi connectivity index (χ1v) is 4.80. The summed E-state index contributed by atoms with van der Waals surface area (Å²) in [6.45, 7) is 1.82. The lowest BCUT2D eigenvalue weighted by Crippen LogP contribution is -1.93. The maximum atomic E-state index is 12.6. The summed E-state index contributed by atoms with van der Waals surface area (Å²) in [7, 11) is 0. The molecular formula is C9H7FN2OS. The highest BCUT2D eigenvalue weighted by molar-refractivity contribution is 7.09. The predicted octanol–water partition coefficient (Wildman–Crippen LogP) is 1.95. The van der Waals surface area contributed by atoms with Crippen LogP contribution in [-0.2, 0) is 0 Å². The molecule has 2 rings (SSSR count). The number of aromatic nitrogens is 2. The van der Waals surface area contributed by atoms with Gasteiger partial charge < -0.3 is 4.98 Å². The molecule has 1 N–H and O–H groups in total. The van der Waals surface area contributed by atoms with Crippen LogP contribution in [0.5, 0.6) is 0 Å². The zero-order chi connectivity index (χ0) is 10.1. The van der Waals surface area contributed by atoms with Crippen molar-refractivity contribution < 1.29 is 4.39 Å². The number of H-pyrrole nitrogens is 1. The van der Waals surface area contributed by atoms with Crippen LogP contribution in [0.3, 0.4) is 0 Å². The molecule has 0 atom stereocenters. The zero-order valence-electron chi connectivity index (χ0n) is 7.37. The quantitative estimate of drug-likeness (QED) is 0.781. The minimum absolute atomic E-state index is 0.122. The first-order chi connectivity index (χ1) is 6.66. The third kappa shape index (κ3) is 1.58. The fraction of sp³-hybridized carbons (Fsp3) is 0.111. The van der Waals surface area contributed by atoms with E-state index in [1.54, 1.807) is 6.07 Å². The van der Waals surface area contributed by atoms with Crippen molar-refractivity contribution in [1.29, 1.82) is 0 Å². The average molecular weight is 210 g/mol. The number of nitrogens with zero attached hydrogens (tertiary/aromatic N) is 1. The lowest BCUT2D eigenvalue weighted by atomic mass is 10.2. The molecule has 0 aliphatic heterocycles. The Hall–Kier alpha value is -1.49. The SMILES string of the molecule is Cc1sc(=O)[nH]c1-c1ccc(F)cn1. The summed E-state index contributed by atoms with van der Waals surface area (Å²) in [6.07, 6.45) is 1.13. The highest BCUT2D eigenvalue weighted by Crippen LogP contribution is 2.19. The maximum Gasteiger partial charge on any atom is 0.305 e. The minimum Gasteiger partial charge on any atom is -0.311 e. The van der Waals surface area contributed by atoms with Crippen LogP contribution in [0.1, 0.15) is 4.88 Å². The molecule has 0 aliphatic rings. The van der Waals surface area contributed by atoms with Crippen molar-refractivity contribution >= 4 is 11.3 Å². The molecule has 0 amide bonds. The van der Waals surface area contributed by atoms with Gasteiger partial charge in [0.05, 0.1) is 17.6 Å². The number of pyridine rings is 1. The number of hydrogen-bond donors (Lipinski definition) is 1. The number of aromatic amines is 1. The second kappa shape index (κ2) is 3.34. The van der Waals surface area contributed by atoms with Crippen molar-refractivity contribution in [2.24, 2.45) is 0 Å². The van der Waals surface area contributed by atoms with E-state index in [1.165, 1.54) is 6.07 Å². The number of thiazole rings is 1. The Balaban J connectivity index is 2.54. The van der Waals surface area contributed by atoms with Crippen LogP contribution in [-0.4, -0.2) is 9.97 Å². The Morgan fingerprint density at radius 2 is 2.29 bits per heavy atom. The average Bonchev–Trinajstić information content (AvgIpc) is 2.47. The fourth-order valence-electron chi connectivity index (χ4n) is 1.17. The molecule has 0 spiro atoms. The number of rotatable bonds is 1. The van der Waals surface area contributed by atoms with E-state index < -0.39 is 0 Å². The van der Waals surface area contributed by atoms with Gasteiger partial charge >= 0.3 is 4.87 Å². The van der Waals surface area contributed by atoms with Gasteiger partial charge in [0, 0.05) is 4.88 Å². The van der Waals surface area contributed by atoms with Gasteiger partial charge in [0.2, 0.25) is 0 Å². The lowest BCUT2D eigenvalue weighted by Gasteiger charge is -1.97. The van der Waals surface area contributed by atoms with Crippen molar-refractivity contribution in [3.63, 3.8) is 0 Å². The van der Waals surface area contributed by atoms with Crippen LogP contribution < -0.4 is 4.87 Å². The molecule has 72 valence electrons. The first-order valence-electron chi connectivity index (χ1n) is 3.98. The third-order valence-electron chi connectivity index (χ3n) is 1.81. The van der Waals surface area contributed by atoms with Crippen LogP contribution in [0.2, 0.25) is 0 Å². The molecule has 14 heavy (non-hydrogen) atoms.